The molecule has 1 heterocycles. The molecule has 0 saturated carbocycles. The van der Waals surface area contributed by atoms with Gasteiger partial charge in [-0.1, -0.05) is 18.6 Å². The lowest BCUT2D eigenvalue weighted by atomic mass is 10.1. The molecule has 0 radical (unpaired) electrons. The molecule has 1 saturated heterocycles. The maximum absolute atomic E-state index is 11.9. The van der Waals surface area contributed by atoms with Gasteiger partial charge in [-0.05, 0) is 50.6 Å². The zero-order valence-electron chi connectivity index (χ0n) is 13.8. The summed E-state index contributed by atoms with van der Waals surface area (Å²) in [5, 5.41) is 6.89. The molecule has 0 atom stereocenters. The first-order chi connectivity index (χ1) is 11.0. The quantitative estimate of drug-likeness (QED) is 0.644. The molecule has 0 aromatic heterocycles. The fourth-order valence-corrected chi connectivity index (χ4v) is 2.59. The Kier molecular flexibility index (Phi) is 6.29. The molecule has 1 aromatic carbocycles. The Balaban J connectivity index is 1.91. The number of piperidine rings is 1. The van der Waals surface area contributed by atoms with E-state index in [2.05, 4.69) is 20.7 Å². The second-order valence-electron chi connectivity index (χ2n) is 5.83. The molecule has 2 amide bonds. The van der Waals surface area contributed by atoms with E-state index in [4.69, 9.17) is 0 Å². The van der Waals surface area contributed by atoms with E-state index in [9.17, 15) is 9.59 Å². The fraction of sp³-hybridized carbons (Fsp3) is 0.471. The molecule has 0 bridgehead atoms. The summed E-state index contributed by atoms with van der Waals surface area (Å²) in [4.78, 5) is 25.2. The molecule has 6 nitrogen and oxygen atoms in total. The molecule has 1 fully saturated rings. The highest BCUT2D eigenvalue weighted by Gasteiger charge is 2.13. The fourth-order valence-electron chi connectivity index (χ4n) is 2.59. The molecule has 1 aliphatic rings. The van der Waals surface area contributed by atoms with Gasteiger partial charge in [0.25, 0.3) is 5.91 Å². The van der Waals surface area contributed by atoms with Crippen LogP contribution in [-0.2, 0) is 9.59 Å². The number of carbonyl (C=O) groups is 2. The Morgan fingerprint density at radius 3 is 2.61 bits per heavy atom. The third-order valence-corrected chi connectivity index (χ3v) is 3.76. The number of carbonyl (C=O) groups excluding carboxylic acids is 2. The molecule has 0 aliphatic carbocycles. The Morgan fingerprint density at radius 2 is 1.91 bits per heavy atom. The highest BCUT2D eigenvalue weighted by Crippen LogP contribution is 2.11. The van der Waals surface area contributed by atoms with Crippen LogP contribution >= 0.6 is 0 Å². The van der Waals surface area contributed by atoms with Gasteiger partial charge in [0.15, 0.2) is 0 Å². The number of amides is 2. The van der Waals surface area contributed by atoms with Crippen LogP contribution in [0, 0.1) is 0 Å². The van der Waals surface area contributed by atoms with Crippen molar-refractivity contribution in [1.82, 2.24) is 10.3 Å². The van der Waals surface area contributed by atoms with E-state index < -0.39 is 0 Å². The highest BCUT2D eigenvalue weighted by molar-refractivity contribution is 6.00. The average molecular weight is 316 g/mol. The standard InChI is InChI=1S/C17H24N4O2/c1-13(15-7-6-8-16(11-15)18-14(2)22)19-20-17(23)12-21-9-4-3-5-10-21/h6-8,11H,3-5,9-10,12H2,1-2H3,(H,18,22)(H,20,23)/b19-13-. The zero-order valence-corrected chi connectivity index (χ0v) is 13.8. The number of hydrazone groups is 1. The summed E-state index contributed by atoms with van der Waals surface area (Å²) in [6.45, 7) is 5.65. The Labute approximate surface area is 136 Å². The topological polar surface area (TPSA) is 73.8 Å². The minimum Gasteiger partial charge on any atom is -0.326 e. The van der Waals surface area contributed by atoms with Crippen molar-refractivity contribution < 1.29 is 9.59 Å². The van der Waals surface area contributed by atoms with Crippen molar-refractivity contribution in [2.75, 3.05) is 25.0 Å². The lowest BCUT2D eigenvalue weighted by Crippen LogP contribution is -2.38. The van der Waals surface area contributed by atoms with E-state index in [0.29, 0.717) is 17.9 Å². The van der Waals surface area contributed by atoms with Gasteiger partial charge in [0.05, 0.1) is 12.3 Å². The molecular formula is C17H24N4O2. The van der Waals surface area contributed by atoms with Crippen molar-refractivity contribution in [2.45, 2.75) is 33.1 Å². The normalized spacial score (nSPS) is 16.0. The van der Waals surface area contributed by atoms with Crippen LogP contribution in [0.4, 0.5) is 5.69 Å². The predicted octanol–water partition coefficient (Wildman–Crippen LogP) is 1.97. The monoisotopic (exact) mass is 316 g/mol. The number of likely N-dealkylation sites (tertiary alicyclic amines) is 1. The number of anilines is 1. The van der Waals surface area contributed by atoms with Crippen LogP contribution in [0.25, 0.3) is 0 Å². The molecule has 0 spiro atoms. The zero-order chi connectivity index (χ0) is 16.7. The van der Waals surface area contributed by atoms with Crippen LogP contribution in [-0.4, -0.2) is 42.1 Å². The largest absolute Gasteiger partial charge is 0.326 e. The summed E-state index contributed by atoms with van der Waals surface area (Å²) < 4.78 is 0. The summed E-state index contributed by atoms with van der Waals surface area (Å²) in [6, 6.07) is 7.38. The Hall–Kier alpha value is -2.21. The van der Waals surface area contributed by atoms with Crippen LogP contribution in [0.1, 0.15) is 38.7 Å². The van der Waals surface area contributed by atoms with Crippen molar-refractivity contribution in [3.8, 4) is 0 Å². The summed E-state index contributed by atoms with van der Waals surface area (Å²) in [5.41, 5.74) is 4.88. The second-order valence-corrected chi connectivity index (χ2v) is 5.83. The van der Waals surface area contributed by atoms with E-state index in [1.54, 1.807) is 0 Å². The number of benzene rings is 1. The molecule has 1 aromatic rings. The van der Waals surface area contributed by atoms with Gasteiger partial charge in [-0.25, -0.2) is 5.43 Å². The maximum Gasteiger partial charge on any atom is 0.254 e. The minimum absolute atomic E-state index is 0.0933. The number of nitrogens with zero attached hydrogens (tertiary/aromatic N) is 2. The van der Waals surface area contributed by atoms with Gasteiger partial charge in [0, 0.05) is 12.6 Å². The van der Waals surface area contributed by atoms with Gasteiger partial charge in [-0.15, -0.1) is 0 Å². The number of hydrogen-bond acceptors (Lipinski definition) is 4. The van der Waals surface area contributed by atoms with E-state index in [1.165, 1.54) is 13.3 Å². The van der Waals surface area contributed by atoms with Crippen molar-refractivity contribution >= 4 is 23.2 Å². The number of hydrogen-bond donors (Lipinski definition) is 2. The molecular weight excluding hydrogens is 292 g/mol. The van der Waals surface area contributed by atoms with Crippen LogP contribution in [0.2, 0.25) is 0 Å². The van der Waals surface area contributed by atoms with E-state index in [-0.39, 0.29) is 11.8 Å². The molecule has 23 heavy (non-hydrogen) atoms. The Morgan fingerprint density at radius 1 is 1.17 bits per heavy atom. The highest BCUT2D eigenvalue weighted by atomic mass is 16.2. The number of rotatable bonds is 5. The first kappa shape index (κ1) is 17.1. The Bertz CT molecular complexity index is 592. The SMILES string of the molecule is CC(=O)Nc1cccc(/C(C)=N\NC(=O)CN2CCCCC2)c1. The van der Waals surface area contributed by atoms with Gasteiger partial charge < -0.3 is 5.32 Å². The third kappa shape index (κ3) is 5.83. The summed E-state index contributed by atoms with van der Waals surface area (Å²) in [6.07, 6.45) is 3.57. The molecule has 2 rings (SSSR count). The molecule has 6 heteroatoms. The lowest BCUT2D eigenvalue weighted by Gasteiger charge is -2.25. The van der Waals surface area contributed by atoms with Gasteiger partial charge >= 0.3 is 0 Å². The van der Waals surface area contributed by atoms with Crippen LogP contribution in [0.3, 0.4) is 0 Å². The average Bonchev–Trinajstić information content (AvgIpc) is 2.53. The van der Waals surface area contributed by atoms with Gasteiger partial charge in [-0.2, -0.15) is 5.10 Å². The smallest absolute Gasteiger partial charge is 0.254 e. The van der Waals surface area contributed by atoms with Crippen molar-refractivity contribution in [2.24, 2.45) is 5.10 Å². The summed E-state index contributed by atoms with van der Waals surface area (Å²) >= 11 is 0. The maximum atomic E-state index is 11.9. The van der Waals surface area contributed by atoms with Crippen LogP contribution in [0.5, 0.6) is 0 Å². The van der Waals surface area contributed by atoms with Crippen molar-refractivity contribution in [1.29, 1.82) is 0 Å². The minimum atomic E-state index is -0.119. The van der Waals surface area contributed by atoms with Crippen LogP contribution in [0.15, 0.2) is 29.4 Å². The second kappa shape index (κ2) is 8.43. The molecule has 0 unspecified atom stereocenters. The first-order valence-electron chi connectivity index (χ1n) is 7.98. The summed E-state index contributed by atoms with van der Waals surface area (Å²) in [5.74, 6) is -0.212. The van der Waals surface area contributed by atoms with Crippen molar-refractivity contribution in [3.05, 3.63) is 29.8 Å². The first-order valence-corrected chi connectivity index (χ1v) is 7.98. The predicted molar refractivity (Wildman–Crippen MR) is 91.4 cm³/mol. The summed E-state index contributed by atoms with van der Waals surface area (Å²) in [7, 11) is 0. The van der Waals surface area contributed by atoms with Gasteiger partial charge in [0.2, 0.25) is 5.91 Å². The van der Waals surface area contributed by atoms with Crippen molar-refractivity contribution in [3.63, 3.8) is 0 Å². The van der Waals surface area contributed by atoms with Crippen LogP contribution < -0.4 is 10.7 Å². The van der Waals surface area contributed by atoms with Gasteiger partial charge in [0.1, 0.15) is 0 Å². The number of nitrogens with one attached hydrogen (secondary N) is 2. The van der Waals surface area contributed by atoms with Gasteiger partial charge in [-0.3, -0.25) is 14.5 Å². The van der Waals surface area contributed by atoms with E-state index in [1.807, 2.05) is 31.2 Å². The molecule has 2 N–H and O–H groups in total. The molecule has 1 aliphatic heterocycles. The van der Waals surface area contributed by atoms with E-state index >= 15 is 0 Å². The lowest BCUT2D eigenvalue weighted by molar-refractivity contribution is -0.122. The molecule has 124 valence electrons. The third-order valence-electron chi connectivity index (χ3n) is 3.76. The van der Waals surface area contributed by atoms with E-state index in [0.717, 1.165) is 31.5 Å².